The first-order valence-corrected chi connectivity index (χ1v) is 6.65. The topological polar surface area (TPSA) is 40.6 Å². The van der Waals surface area contributed by atoms with Crippen LogP contribution in [0.25, 0.3) is 0 Å². The molecule has 3 amide bonds. The lowest BCUT2D eigenvalue weighted by atomic mass is 9.57. The van der Waals surface area contributed by atoms with Crippen LogP contribution in [0.5, 0.6) is 0 Å². The number of rotatable bonds is 0. The van der Waals surface area contributed by atoms with Crippen molar-refractivity contribution in [2.75, 3.05) is 14.1 Å². The van der Waals surface area contributed by atoms with Crippen molar-refractivity contribution in [3.63, 3.8) is 0 Å². The van der Waals surface area contributed by atoms with Gasteiger partial charge in [0, 0.05) is 25.4 Å². The highest BCUT2D eigenvalue weighted by molar-refractivity contribution is 6.23. The van der Waals surface area contributed by atoms with Gasteiger partial charge in [-0.3, -0.25) is 9.69 Å². The van der Waals surface area contributed by atoms with E-state index in [-0.39, 0.29) is 28.3 Å². The van der Waals surface area contributed by atoms with Crippen molar-refractivity contribution in [1.29, 1.82) is 0 Å². The first-order valence-electron chi connectivity index (χ1n) is 6.21. The van der Waals surface area contributed by atoms with Gasteiger partial charge in [0.1, 0.15) is 0 Å². The third-order valence-electron chi connectivity index (χ3n) is 6.58. The van der Waals surface area contributed by atoms with Crippen LogP contribution in [0, 0.1) is 29.1 Å². The molecule has 90 valence electrons. The molecular formula is C12H13ClN2O2. The minimum Gasteiger partial charge on any atom is -0.320 e. The minimum atomic E-state index is -0.217. The number of amides is 3. The second-order valence-electron chi connectivity index (χ2n) is 6.39. The SMILES string of the molecule is CN1C(=O)N(C)C23C[C@H]4[C@@H]5[C@H](C2[C@H]4Cl)C53C1=O. The number of carbonyl (C=O) groups is 2. The van der Waals surface area contributed by atoms with E-state index < -0.39 is 0 Å². The summed E-state index contributed by atoms with van der Waals surface area (Å²) in [6.07, 6.45) is 0.953. The van der Waals surface area contributed by atoms with Gasteiger partial charge in [0.25, 0.3) is 0 Å². The standard InChI is InChI=1S/C12H13ClN2O2/c1-14-9(16)12-5-4-3-11(12,15(2)10(14)17)7(6(5)12)8(4)13/h4-8H,3H2,1-2H3/t4-,5+,6+,7?,8-,11?,12?/m0/s1. The molecule has 0 aromatic carbocycles. The molecule has 6 rings (SSSR count). The van der Waals surface area contributed by atoms with Gasteiger partial charge in [0.2, 0.25) is 5.91 Å². The van der Waals surface area contributed by atoms with Gasteiger partial charge in [-0.25, -0.2) is 4.79 Å². The quantitative estimate of drug-likeness (QED) is 0.597. The predicted molar refractivity (Wildman–Crippen MR) is 59.3 cm³/mol. The van der Waals surface area contributed by atoms with E-state index in [1.165, 1.54) is 4.90 Å². The van der Waals surface area contributed by atoms with Crippen LogP contribution in [-0.4, -0.2) is 46.7 Å². The monoisotopic (exact) mass is 252 g/mol. The van der Waals surface area contributed by atoms with Gasteiger partial charge >= 0.3 is 6.03 Å². The lowest BCUT2D eigenvalue weighted by Gasteiger charge is -2.60. The lowest BCUT2D eigenvalue weighted by molar-refractivity contribution is -0.161. The molecule has 3 bridgehead atoms. The molecule has 17 heavy (non-hydrogen) atoms. The number of nitrogens with zero attached hydrogens (tertiary/aromatic N) is 2. The molecule has 1 heterocycles. The van der Waals surface area contributed by atoms with Crippen LogP contribution in [0.1, 0.15) is 6.42 Å². The van der Waals surface area contributed by atoms with Crippen LogP contribution in [-0.2, 0) is 4.79 Å². The Morgan fingerprint density at radius 2 is 1.94 bits per heavy atom. The molecule has 0 radical (unpaired) electrons. The summed E-state index contributed by atoms with van der Waals surface area (Å²) >= 11 is 6.46. The number of hydrogen-bond donors (Lipinski definition) is 0. The summed E-state index contributed by atoms with van der Waals surface area (Å²) < 4.78 is 0. The molecule has 6 aliphatic rings. The zero-order valence-corrected chi connectivity index (χ0v) is 10.4. The Hall–Kier alpha value is -0.770. The number of imide groups is 1. The van der Waals surface area contributed by atoms with E-state index in [0.717, 1.165) is 6.42 Å². The average molecular weight is 253 g/mol. The van der Waals surface area contributed by atoms with Crippen LogP contribution in [0.2, 0.25) is 0 Å². The molecule has 1 saturated heterocycles. The van der Waals surface area contributed by atoms with Gasteiger partial charge in [-0.1, -0.05) is 0 Å². The zero-order chi connectivity index (χ0) is 11.9. The summed E-state index contributed by atoms with van der Waals surface area (Å²) in [5, 5.41) is 0.193. The maximum absolute atomic E-state index is 12.5. The highest BCUT2D eigenvalue weighted by Gasteiger charge is 3.03. The molecule has 0 aromatic heterocycles. The van der Waals surface area contributed by atoms with E-state index >= 15 is 0 Å². The molecule has 3 unspecified atom stereocenters. The van der Waals surface area contributed by atoms with Gasteiger partial charge in [0.05, 0.1) is 11.0 Å². The Labute approximate surface area is 104 Å². The number of urea groups is 1. The molecule has 7 atom stereocenters. The second-order valence-corrected chi connectivity index (χ2v) is 6.89. The van der Waals surface area contributed by atoms with Crippen molar-refractivity contribution in [3.8, 4) is 0 Å². The normalized spacial score (nSPS) is 65.0. The Morgan fingerprint density at radius 3 is 2.53 bits per heavy atom. The fraction of sp³-hybridized carbons (Fsp3) is 0.833. The maximum Gasteiger partial charge on any atom is 0.326 e. The first kappa shape index (κ1) is 9.20. The van der Waals surface area contributed by atoms with Gasteiger partial charge < -0.3 is 4.90 Å². The highest BCUT2D eigenvalue weighted by atomic mass is 35.5. The molecule has 6 fully saturated rings. The van der Waals surface area contributed by atoms with Crippen LogP contribution in [0.15, 0.2) is 0 Å². The Balaban J connectivity index is 1.77. The smallest absolute Gasteiger partial charge is 0.320 e. The Morgan fingerprint density at radius 1 is 1.24 bits per heavy atom. The van der Waals surface area contributed by atoms with E-state index in [2.05, 4.69) is 0 Å². The Bertz CT molecular complexity index is 523. The van der Waals surface area contributed by atoms with Gasteiger partial charge in [-0.15, -0.1) is 11.6 Å². The minimum absolute atomic E-state index is 0.0675. The highest BCUT2D eigenvalue weighted by Crippen LogP contribution is 2.96. The molecule has 5 aliphatic carbocycles. The fourth-order valence-electron chi connectivity index (χ4n) is 6.30. The van der Waals surface area contributed by atoms with Crippen LogP contribution in [0.3, 0.4) is 0 Å². The Kier molecular flexibility index (Phi) is 1.08. The van der Waals surface area contributed by atoms with Crippen molar-refractivity contribution < 1.29 is 9.59 Å². The van der Waals surface area contributed by atoms with Crippen LogP contribution >= 0.6 is 11.6 Å². The van der Waals surface area contributed by atoms with E-state index in [0.29, 0.717) is 23.7 Å². The number of halogens is 1. The summed E-state index contributed by atoms with van der Waals surface area (Å²) in [6.45, 7) is 0. The van der Waals surface area contributed by atoms with Crippen molar-refractivity contribution in [2.45, 2.75) is 17.3 Å². The van der Waals surface area contributed by atoms with Crippen molar-refractivity contribution in [3.05, 3.63) is 0 Å². The zero-order valence-electron chi connectivity index (χ0n) is 9.68. The summed E-state index contributed by atoms with van der Waals surface area (Å²) in [5.41, 5.74) is -0.425. The second kappa shape index (κ2) is 2.00. The van der Waals surface area contributed by atoms with Gasteiger partial charge in [-0.05, 0) is 24.2 Å². The van der Waals surface area contributed by atoms with E-state index in [4.69, 9.17) is 11.6 Å². The third kappa shape index (κ3) is 0.497. The fourth-order valence-corrected chi connectivity index (χ4v) is 6.92. The summed E-state index contributed by atoms with van der Waals surface area (Å²) in [7, 11) is 3.46. The van der Waals surface area contributed by atoms with Crippen molar-refractivity contribution >= 4 is 23.5 Å². The van der Waals surface area contributed by atoms with Crippen LogP contribution < -0.4 is 0 Å². The lowest BCUT2D eigenvalue weighted by Crippen LogP contribution is -2.76. The van der Waals surface area contributed by atoms with Crippen molar-refractivity contribution in [1.82, 2.24) is 9.80 Å². The molecule has 4 nitrogen and oxygen atoms in total. The molecule has 5 heteroatoms. The molecule has 2 spiro atoms. The maximum atomic E-state index is 12.5. The van der Waals surface area contributed by atoms with Crippen LogP contribution in [0.4, 0.5) is 4.79 Å². The number of hydrogen-bond acceptors (Lipinski definition) is 2. The summed E-state index contributed by atoms with van der Waals surface area (Å²) in [5.74, 6) is 1.87. The molecule has 5 saturated carbocycles. The van der Waals surface area contributed by atoms with E-state index in [1.54, 1.807) is 7.05 Å². The average Bonchev–Trinajstić information content (AvgIpc) is 2.53. The van der Waals surface area contributed by atoms with E-state index in [9.17, 15) is 9.59 Å². The van der Waals surface area contributed by atoms with Crippen molar-refractivity contribution in [2.24, 2.45) is 29.1 Å². The summed E-state index contributed by atoms with van der Waals surface area (Å²) in [6, 6.07) is -0.152. The largest absolute Gasteiger partial charge is 0.326 e. The number of carbonyl (C=O) groups excluding carboxylic acids is 2. The third-order valence-corrected chi connectivity index (χ3v) is 7.17. The van der Waals surface area contributed by atoms with E-state index in [1.807, 2.05) is 11.9 Å². The number of alkyl halides is 1. The molecular weight excluding hydrogens is 240 g/mol. The first-order chi connectivity index (χ1) is 8.01. The molecule has 1 aliphatic heterocycles. The predicted octanol–water partition coefficient (Wildman–Crippen LogP) is 0.752. The molecule has 0 aromatic rings. The summed E-state index contributed by atoms with van der Waals surface area (Å²) in [4.78, 5) is 27.7. The van der Waals surface area contributed by atoms with Gasteiger partial charge in [0.15, 0.2) is 0 Å². The van der Waals surface area contributed by atoms with Gasteiger partial charge in [-0.2, -0.15) is 0 Å². The molecule has 0 N–H and O–H groups in total.